The number of nitrogens with one attached hydrogen (secondary N) is 1. The lowest BCUT2D eigenvalue weighted by Gasteiger charge is -2.19. The Morgan fingerprint density at radius 3 is 2.59 bits per heavy atom. The van der Waals surface area contributed by atoms with Crippen LogP contribution in [0.25, 0.3) is 0 Å². The van der Waals surface area contributed by atoms with Gasteiger partial charge in [-0.2, -0.15) is 0 Å². The minimum absolute atomic E-state index is 0. The summed E-state index contributed by atoms with van der Waals surface area (Å²) in [4.78, 5) is 4.36. The van der Waals surface area contributed by atoms with Gasteiger partial charge in [-0.15, -0.1) is 24.0 Å². The average Bonchev–Trinajstić information content (AvgIpc) is 2.43. The van der Waals surface area contributed by atoms with Crippen molar-refractivity contribution >= 4 is 29.9 Å². The number of unbranched alkanes of at least 4 members (excludes halogenated alkanes) is 1. The third kappa shape index (κ3) is 10.00. The van der Waals surface area contributed by atoms with E-state index in [-0.39, 0.29) is 29.6 Å². The van der Waals surface area contributed by atoms with E-state index in [1.807, 2.05) is 6.07 Å². The molecule has 0 saturated carbocycles. The van der Waals surface area contributed by atoms with E-state index in [1.54, 1.807) is 0 Å². The lowest BCUT2D eigenvalue weighted by Crippen LogP contribution is -2.32. The van der Waals surface area contributed by atoms with Gasteiger partial charge in [-0.25, -0.2) is 4.99 Å². The monoisotopic (exact) mass is 419 g/mol. The predicted molar refractivity (Wildman–Crippen MR) is 105 cm³/mol. The molecule has 0 bridgehead atoms. The third-order valence-electron chi connectivity index (χ3n) is 2.93. The highest BCUT2D eigenvalue weighted by atomic mass is 127. The molecule has 1 aromatic rings. The Labute approximate surface area is 151 Å². The van der Waals surface area contributed by atoms with Crippen molar-refractivity contribution in [1.29, 1.82) is 0 Å². The first-order valence-electron chi connectivity index (χ1n) is 7.66. The highest BCUT2D eigenvalue weighted by molar-refractivity contribution is 14.0. The Bertz CT molecular complexity index is 455. The van der Waals surface area contributed by atoms with Crippen molar-refractivity contribution in [3.63, 3.8) is 0 Å². The van der Waals surface area contributed by atoms with E-state index in [1.165, 1.54) is 0 Å². The molecule has 1 rings (SSSR count). The summed E-state index contributed by atoms with van der Waals surface area (Å²) in [5, 5.41) is 3.12. The molecule has 22 heavy (non-hydrogen) atoms. The second kappa shape index (κ2) is 10.8. The Morgan fingerprint density at radius 2 is 1.95 bits per heavy atom. The summed E-state index contributed by atoms with van der Waals surface area (Å²) in [5.41, 5.74) is 8.01. The van der Waals surface area contributed by atoms with E-state index in [0.29, 0.717) is 19.1 Å². The molecule has 0 saturated heterocycles. The standard InChI is InChI=1S/C17H29N3O.HI/c1-5-6-10-19-16(18)20-12-14-8-7-9-15(11-14)13-21-17(2,3)4;/h7-9,11H,5-6,10,12-13H2,1-4H3,(H3,18,19,20);1H. The summed E-state index contributed by atoms with van der Waals surface area (Å²) >= 11 is 0. The number of hydrogen-bond donors (Lipinski definition) is 2. The molecule has 3 N–H and O–H groups in total. The summed E-state index contributed by atoms with van der Waals surface area (Å²) < 4.78 is 5.79. The number of halogens is 1. The fourth-order valence-electron chi connectivity index (χ4n) is 1.74. The minimum Gasteiger partial charge on any atom is -0.371 e. The van der Waals surface area contributed by atoms with Crippen molar-refractivity contribution in [3.05, 3.63) is 35.4 Å². The van der Waals surface area contributed by atoms with Crippen LogP contribution in [0.15, 0.2) is 29.3 Å². The van der Waals surface area contributed by atoms with Crippen molar-refractivity contribution in [3.8, 4) is 0 Å². The molecule has 126 valence electrons. The Hall–Kier alpha value is -0.820. The molecule has 0 aliphatic carbocycles. The minimum atomic E-state index is -0.123. The van der Waals surface area contributed by atoms with Gasteiger partial charge in [0.1, 0.15) is 0 Å². The number of ether oxygens (including phenoxy) is 1. The van der Waals surface area contributed by atoms with Crippen LogP contribution in [-0.2, 0) is 17.9 Å². The quantitative estimate of drug-likeness (QED) is 0.306. The highest BCUT2D eigenvalue weighted by Crippen LogP contribution is 2.13. The van der Waals surface area contributed by atoms with Crippen LogP contribution in [0.5, 0.6) is 0 Å². The Kier molecular flexibility index (Phi) is 10.4. The molecule has 1 aromatic carbocycles. The van der Waals surface area contributed by atoms with Gasteiger partial charge in [0.05, 0.1) is 18.8 Å². The zero-order chi connectivity index (χ0) is 15.7. The van der Waals surface area contributed by atoms with Gasteiger partial charge in [0.25, 0.3) is 0 Å². The summed E-state index contributed by atoms with van der Waals surface area (Å²) in [6, 6.07) is 8.28. The first-order chi connectivity index (χ1) is 9.90. The van der Waals surface area contributed by atoms with Crippen molar-refractivity contribution in [1.82, 2.24) is 5.32 Å². The Balaban J connectivity index is 0.00000441. The topological polar surface area (TPSA) is 59.6 Å². The number of benzene rings is 1. The van der Waals surface area contributed by atoms with E-state index in [2.05, 4.69) is 56.2 Å². The smallest absolute Gasteiger partial charge is 0.188 e. The van der Waals surface area contributed by atoms with Crippen LogP contribution in [0.3, 0.4) is 0 Å². The van der Waals surface area contributed by atoms with Gasteiger partial charge in [-0.3, -0.25) is 0 Å². The summed E-state index contributed by atoms with van der Waals surface area (Å²) in [6.07, 6.45) is 2.26. The fraction of sp³-hybridized carbons (Fsp3) is 0.588. The molecule has 5 heteroatoms. The van der Waals surface area contributed by atoms with Gasteiger partial charge in [0.2, 0.25) is 0 Å². The number of aliphatic imine (C=N–C) groups is 1. The summed E-state index contributed by atoms with van der Waals surface area (Å²) in [6.45, 7) is 10.4. The molecule has 0 aromatic heterocycles. The Morgan fingerprint density at radius 1 is 1.27 bits per heavy atom. The first-order valence-corrected chi connectivity index (χ1v) is 7.66. The maximum absolute atomic E-state index is 5.83. The van der Waals surface area contributed by atoms with E-state index in [9.17, 15) is 0 Å². The molecular weight excluding hydrogens is 389 g/mol. The van der Waals surface area contributed by atoms with Crippen molar-refractivity contribution < 1.29 is 4.74 Å². The normalized spacial score (nSPS) is 11.9. The van der Waals surface area contributed by atoms with Gasteiger partial charge in [-0.1, -0.05) is 37.6 Å². The van der Waals surface area contributed by atoms with Crippen LogP contribution in [0, 0.1) is 0 Å². The average molecular weight is 419 g/mol. The molecule has 0 unspecified atom stereocenters. The zero-order valence-electron chi connectivity index (χ0n) is 14.2. The van der Waals surface area contributed by atoms with Crippen LogP contribution in [0.4, 0.5) is 0 Å². The van der Waals surface area contributed by atoms with Crippen molar-refractivity contribution in [2.75, 3.05) is 6.54 Å². The highest BCUT2D eigenvalue weighted by Gasteiger charge is 2.09. The SMILES string of the molecule is CCCCNC(N)=NCc1cccc(COC(C)(C)C)c1.I. The third-order valence-corrected chi connectivity index (χ3v) is 2.93. The molecule has 4 nitrogen and oxygen atoms in total. The number of nitrogens with zero attached hydrogens (tertiary/aromatic N) is 1. The lowest BCUT2D eigenvalue weighted by atomic mass is 10.1. The molecule has 0 aliphatic rings. The lowest BCUT2D eigenvalue weighted by molar-refractivity contribution is -0.0149. The molecule has 0 amide bonds. The first kappa shape index (κ1) is 21.2. The molecule has 0 atom stereocenters. The summed E-state index contributed by atoms with van der Waals surface area (Å²) in [7, 11) is 0. The number of hydrogen-bond acceptors (Lipinski definition) is 2. The van der Waals surface area contributed by atoms with Crippen LogP contribution in [-0.4, -0.2) is 18.1 Å². The van der Waals surface area contributed by atoms with Crippen LogP contribution < -0.4 is 11.1 Å². The van der Waals surface area contributed by atoms with Crippen LogP contribution in [0.2, 0.25) is 0 Å². The number of rotatable bonds is 7. The van der Waals surface area contributed by atoms with Gasteiger partial charge in [0, 0.05) is 6.54 Å². The van der Waals surface area contributed by atoms with E-state index < -0.39 is 0 Å². The largest absolute Gasteiger partial charge is 0.371 e. The maximum atomic E-state index is 5.83. The van der Waals surface area contributed by atoms with Gasteiger partial charge >= 0.3 is 0 Å². The van der Waals surface area contributed by atoms with E-state index in [4.69, 9.17) is 10.5 Å². The second-order valence-corrected chi connectivity index (χ2v) is 6.20. The summed E-state index contributed by atoms with van der Waals surface area (Å²) in [5.74, 6) is 0.514. The fourth-order valence-corrected chi connectivity index (χ4v) is 1.74. The zero-order valence-corrected chi connectivity index (χ0v) is 16.5. The van der Waals surface area contributed by atoms with Gasteiger partial charge in [-0.05, 0) is 38.3 Å². The van der Waals surface area contributed by atoms with Crippen molar-refractivity contribution in [2.45, 2.75) is 59.3 Å². The van der Waals surface area contributed by atoms with Gasteiger partial charge in [0.15, 0.2) is 5.96 Å². The molecule has 0 spiro atoms. The number of guanidine groups is 1. The predicted octanol–water partition coefficient (Wildman–Crippen LogP) is 3.82. The van der Waals surface area contributed by atoms with E-state index in [0.717, 1.165) is 30.5 Å². The van der Waals surface area contributed by atoms with Crippen LogP contribution >= 0.6 is 24.0 Å². The maximum Gasteiger partial charge on any atom is 0.188 e. The molecule has 0 radical (unpaired) electrons. The molecule has 0 fully saturated rings. The second-order valence-electron chi connectivity index (χ2n) is 6.20. The molecular formula is C17H30IN3O. The van der Waals surface area contributed by atoms with Crippen LogP contribution in [0.1, 0.15) is 51.7 Å². The molecule has 0 aliphatic heterocycles. The van der Waals surface area contributed by atoms with Gasteiger partial charge < -0.3 is 15.8 Å². The molecule has 0 heterocycles. The number of nitrogens with two attached hydrogens (primary N) is 1. The van der Waals surface area contributed by atoms with Crippen molar-refractivity contribution in [2.24, 2.45) is 10.7 Å². The van der Waals surface area contributed by atoms with E-state index >= 15 is 0 Å².